The van der Waals surface area contributed by atoms with E-state index in [9.17, 15) is 4.79 Å². The van der Waals surface area contributed by atoms with E-state index in [2.05, 4.69) is 55.1 Å². The summed E-state index contributed by atoms with van der Waals surface area (Å²) in [7, 11) is 0. The molecule has 0 spiro atoms. The second kappa shape index (κ2) is 9.40. The average Bonchev–Trinajstić information content (AvgIpc) is 3.30. The minimum Gasteiger partial charge on any atom is -0.372 e. The molecule has 0 saturated carbocycles. The molecule has 154 valence electrons. The number of benzene rings is 3. The van der Waals surface area contributed by atoms with Crippen molar-refractivity contribution in [1.82, 2.24) is 4.90 Å². The van der Waals surface area contributed by atoms with Crippen LogP contribution in [0.15, 0.2) is 78.9 Å². The summed E-state index contributed by atoms with van der Waals surface area (Å²) in [6.07, 6.45) is 0. The summed E-state index contributed by atoms with van der Waals surface area (Å²) >= 11 is 1.84. The molecule has 30 heavy (non-hydrogen) atoms. The first-order valence-electron chi connectivity index (χ1n) is 10.6. The molecule has 1 aliphatic heterocycles. The van der Waals surface area contributed by atoms with Crippen LogP contribution in [0.25, 0.3) is 11.1 Å². The van der Waals surface area contributed by atoms with E-state index in [1.165, 1.54) is 16.8 Å². The van der Waals surface area contributed by atoms with E-state index in [1.807, 2.05) is 59.1 Å². The Morgan fingerprint density at radius 2 is 1.53 bits per heavy atom. The molecule has 3 nitrogen and oxygen atoms in total. The highest BCUT2D eigenvalue weighted by Crippen LogP contribution is 2.39. The fourth-order valence-electron chi connectivity index (χ4n) is 3.99. The largest absolute Gasteiger partial charge is 0.372 e. The van der Waals surface area contributed by atoms with Gasteiger partial charge in [0.25, 0.3) is 5.91 Å². The van der Waals surface area contributed by atoms with Gasteiger partial charge in [-0.05, 0) is 54.8 Å². The molecule has 1 unspecified atom stereocenters. The van der Waals surface area contributed by atoms with Crippen LogP contribution in [-0.2, 0) is 0 Å². The Morgan fingerprint density at radius 1 is 0.900 bits per heavy atom. The third-order valence-electron chi connectivity index (χ3n) is 5.70. The first-order valence-corrected chi connectivity index (χ1v) is 11.7. The lowest BCUT2D eigenvalue weighted by molar-refractivity contribution is 0.0760. The third kappa shape index (κ3) is 4.24. The van der Waals surface area contributed by atoms with Crippen LogP contribution in [0.4, 0.5) is 5.69 Å². The highest BCUT2D eigenvalue weighted by atomic mass is 32.2. The van der Waals surface area contributed by atoms with Crippen LogP contribution < -0.4 is 4.90 Å². The van der Waals surface area contributed by atoms with Crippen molar-refractivity contribution in [2.75, 3.05) is 30.3 Å². The van der Waals surface area contributed by atoms with Crippen molar-refractivity contribution in [3.63, 3.8) is 0 Å². The molecule has 1 aliphatic rings. The predicted molar refractivity (Wildman–Crippen MR) is 128 cm³/mol. The quantitative estimate of drug-likeness (QED) is 0.486. The number of thioether (sulfide) groups is 1. The minimum atomic E-state index is 0.0806. The van der Waals surface area contributed by atoms with Gasteiger partial charge >= 0.3 is 0 Å². The van der Waals surface area contributed by atoms with Gasteiger partial charge in [0.15, 0.2) is 0 Å². The van der Waals surface area contributed by atoms with Crippen LogP contribution in [0.5, 0.6) is 0 Å². The highest BCUT2D eigenvalue weighted by Gasteiger charge is 2.31. The molecule has 3 aromatic rings. The lowest BCUT2D eigenvalue weighted by atomic mass is 10.0. The Labute approximate surface area is 183 Å². The maximum absolute atomic E-state index is 13.3. The first-order chi connectivity index (χ1) is 14.7. The zero-order valence-electron chi connectivity index (χ0n) is 17.6. The molecular formula is C26H28N2OS. The first kappa shape index (κ1) is 20.5. The van der Waals surface area contributed by atoms with Gasteiger partial charge in [0.05, 0.1) is 0 Å². The van der Waals surface area contributed by atoms with Crippen LogP contribution in [0.2, 0.25) is 0 Å². The molecule has 3 aromatic carbocycles. The Kier molecular flexibility index (Phi) is 6.44. The number of hydrogen-bond acceptors (Lipinski definition) is 3. The van der Waals surface area contributed by atoms with E-state index in [0.717, 1.165) is 36.5 Å². The second-order valence-electron chi connectivity index (χ2n) is 7.43. The predicted octanol–water partition coefficient (Wildman–Crippen LogP) is 6.09. The zero-order valence-corrected chi connectivity index (χ0v) is 18.4. The van der Waals surface area contributed by atoms with Gasteiger partial charge in [-0.2, -0.15) is 0 Å². The maximum Gasteiger partial charge on any atom is 0.255 e. The van der Waals surface area contributed by atoms with Crippen molar-refractivity contribution in [1.29, 1.82) is 0 Å². The Balaban J connectivity index is 1.51. The van der Waals surface area contributed by atoms with Crippen LogP contribution >= 0.6 is 11.8 Å². The summed E-state index contributed by atoms with van der Waals surface area (Å²) in [6, 6.07) is 27.0. The minimum absolute atomic E-state index is 0.0806. The van der Waals surface area contributed by atoms with Gasteiger partial charge in [0, 0.05) is 36.6 Å². The van der Waals surface area contributed by atoms with Crippen LogP contribution in [0.1, 0.15) is 35.1 Å². The number of carbonyl (C=O) groups is 1. The molecule has 1 amide bonds. The summed E-state index contributed by atoms with van der Waals surface area (Å²) in [5.74, 6) is 1.08. The normalized spacial score (nSPS) is 15.9. The lowest BCUT2D eigenvalue weighted by Crippen LogP contribution is -2.30. The molecule has 0 bridgehead atoms. The molecule has 1 fully saturated rings. The van der Waals surface area contributed by atoms with Gasteiger partial charge in [-0.25, -0.2) is 0 Å². The lowest BCUT2D eigenvalue weighted by Gasteiger charge is -2.26. The summed E-state index contributed by atoms with van der Waals surface area (Å²) in [6.45, 7) is 7.13. The molecule has 1 saturated heterocycles. The Hall–Kier alpha value is -2.72. The van der Waals surface area contributed by atoms with E-state index in [0.29, 0.717) is 0 Å². The van der Waals surface area contributed by atoms with E-state index in [4.69, 9.17) is 0 Å². The van der Waals surface area contributed by atoms with Crippen molar-refractivity contribution in [3.8, 4) is 11.1 Å². The number of hydrogen-bond donors (Lipinski definition) is 0. The SMILES string of the molecule is CCN(CC)c1ccc(C2SCCN2C(=O)c2ccc(-c3ccccc3)cc2)cc1. The zero-order chi connectivity index (χ0) is 20.9. The molecule has 0 aliphatic carbocycles. The van der Waals surface area contributed by atoms with Crippen molar-refractivity contribution < 1.29 is 4.79 Å². The Bertz CT molecular complexity index is 966. The molecule has 4 heteroatoms. The standard InChI is InChI=1S/C26H28N2OS/c1-3-27(4-2)24-16-14-23(15-17-24)26-28(18-19-30-26)25(29)22-12-10-21(11-13-22)20-8-6-5-7-9-20/h5-17,26H,3-4,18-19H2,1-2H3. The van der Waals surface area contributed by atoms with Gasteiger partial charge in [-0.1, -0.05) is 54.6 Å². The van der Waals surface area contributed by atoms with Gasteiger partial charge in [-0.3, -0.25) is 4.79 Å². The molecular weight excluding hydrogens is 388 g/mol. The summed E-state index contributed by atoms with van der Waals surface area (Å²) < 4.78 is 0. The number of amides is 1. The topological polar surface area (TPSA) is 23.6 Å². The van der Waals surface area contributed by atoms with Gasteiger partial charge in [-0.15, -0.1) is 11.8 Å². The van der Waals surface area contributed by atoms with E-state index in [-0.39, 0.29) is 11.3 Å². The summed E-state index contributed by atoms with van der Waals surface area (Å²) in [4.78, 5) is 17.6. The van der Waals surface area contributed by atoms with E-state index >= 15 is 0 Å². The smallest absolute Gasteiger partial charge is 0.255 e. The fourth-order valence-corrected chi connectivity index (χ4v) is 5.25. The van der Waals surface area contributed by atoms with Gasteiger partial charge < -0.3 is 9.80 Å². The molecule has 1 heterocycles. The van der Waals surface area contributed by atoms with E-state index < -0.39 is 0 Å². The van der Waals surface area contributed by atoms with Crippen molar-refractivity contribution >= 4 is 23.4 Å². The summed E-state index contributed by atoms with van der Waals surface area (Å²) in [5.41, 5.74) is 5.48. The number of anilines is 1. The van der Waals surface area contributed by atoms with Crippen molar-refractivity contribution in [3.05, 3.63) is 90.0 Å². The number of rotatable bonds is 6. The highest BCUT2D eigenvalue weighted by molar-refractivity contribution is 7.99. The molecule has 0 N–H and O–H groups in total. The van der Waals surface area contributed by atoms with Crippen LogP contribution in [0, 0.1) is 0 Å². The Morgan fingerprint density at radius 3 is 2.17 bits per heavy atom. The fraction of sp³-hybridized carbons (Fsp3) is 0.269. The van der Waals surface area contributed by atoms with Crippen molar-refractivity contribution in [2.45, 2.75) is 19.2 Å². The summed E-state index contributed by atoms with van der Waals surface area (Å²) in [5, 5.41) is 0.0806. The average molecular weight is 417 g/mol. The third-order valence-corrected chi connectivity index (χ3v) is 6.96. The van der Waals surface area contributed by atoms with Crippen molar-refractivity contribution in [2.24, 2.45) is 0 Å². The van der Waals surface area contributed by atoms with Gasteiger partial charge in [0.2, 0.25) is 0 Å². The number of nitrogens with zero attached hydrogens (tertiary/aromatic N) is 2. The van der Waals surface area contributed by atoms with Gasteiger partial charge in [0.1, 0.15) is 5.37 Å². The number of carbonyl (C=O) groups excluding carboxylic acids is 1. The molecule has 4 rings (SSSR count). The maximum atomic E-state index is 13.3. The van der Waals surface area contributed by atoms with Crippen LogP contribution in [0.3, 0.4) is 0 Å². The monoisotopic (exact) mass is 416 g/mol. The second-order valence-corrected chi connectivity index (χ2v) is 8.62. The molecule has 0 radical (unpaired) electrons. The molecule has 0 aromatic heterocycles. The van der Waals surface area contributed by atoms with Crippen LogP contribution in [-0.4, -0.2) is 36.2 Å². The van der Waals surface area contributed by atoms with E-state index in [1.54, 1.807) is 0 Å². The molecule has 1 atom stereocenters.